The SMILES string of the molecule is CO[C@H]1C=CO[C@@]2(C)Oc3c(C)c(O)c4c(=O)c(c5oc6cc(N7CCN(c8ccc(OCC9(C)Cn%10cc([N+](=O)[O-])nc%10O9)cc8)CC7)cc(=O)c6nc5c4c3=C2O)NC(=O)C(C)=CC=C[C@H](C)[C@H](O)[C@@H](C)[C@@H](O)[C@@H](C)[C@H](OC(C)=O)[C@@H]1C. The smallest absolute Gasteiger partial charge is 0.415 e. The molecule has 5 N–H and O–H groups in total. The zero-order chi connectivity index (χ0) is 60.4. The number of imidazole rings is 1. The van der Waals surface area contributed by atoms with Crippen LogP contribution in [0.2, 0.25) is 0 Å². The lowest BCUT2D eigenvalue weighted by atomic mass is 9.78. The molecule has 10 rings (SSSR count). The summed E-state index contributed by atoms with van der Waals surface area (Å²) in [5, 5.41) is 60.7. The van der Waals surface area contributed by atoms with Gasteiger partial charge in [0.25, 0.3) is 5.91 Å². The Bertz CT molecular complexity index is 3880. The van der Waals surface area contributed by atoms with Crippen LogP contribution >= 0.6 is 0 Å². The van der Waals surface area contributed by atoms with Gasteiger partial charge in [-0.05, 0) is 56.0 Å². The largest absolute Gasteiger partial charge is 0.507 e. The Kier molecular flexibility index (Phi) is 15.6. The van der Waals surface area contributed by atoms with Crippen LogP contribution in [0.3, 0.4) is 0 Å². The van der Waals surface area contributed by atoms with E-state index in [9.17, 15) is 44.9 Å². The van der Waals surface area contributed by atoms with Gasteiger partial charge in [0.15, 0.2) is 28.0 Å². The molecule has 0 aliphatic carbocycles. The van der Waals surface area contributed by atoms with E-state index in [-0.39, 0.29) is 73.5 Å². The quantitative estimate of drug-likeness (QED) is 0.0371. The van der Waals surface area contributed by atoms with Gasteiger partial charge in [0, 0.05) is 116 Å². The highest BCUT2D eigenvalue weighted by Gasteiger charge is 2.45. The molecule has 4 aliphatic heterocycles. The Morgan fingerprint density at radius 2 is 1.58 bits per heavy atom. The molecule has 0 saturated carbocycles. The van der Waals surface area contributed by atoms with Gasteiger partial charge >= 0.3 is 23.6 Å². The molecule has 6 heterocycles. The number of piperazine rings is 1. The lowest BCUT2D eigenvalue weighted by molar-refractivity contribution is -0.389. The topological polar surface area (TPSA) is 310 Å². The van der Waals surface area contributed by atoms with Gasteiger partial charge in [-0.3, -0.25) is 23.7 Å². The minimum Gasteiger partial charge on any atom is -0.507 e. The predicted octanol–water partition coefficient (Wildman–Crippen LogP) is 6.22. The second-order valence-electron chi connectivity index (χ2n) is 22.6. The molecular weight excluding hydrogens is 1090 g/mol. The number of hydrogen-bond acceptors (Lipinski definition) is 21. The summed E-state index contributed by atoms with van der Waals surface area (Å²) in [6, 6.07) is 10.8. The number of carbonyl (C=O) groups excluding carboxylic acids is 2. The number of esters is 1. The van der Waals surface area contributed by atoms with Crippen molar-refractivity contribution in [3.8, 4) is 23.3 Å². The third-order valence-corrected chi connectivity index (χ3v) is 16.6. The lowest BCUT2D eigenvalue weighted by Crippen LogP contribution is -2.46. The Morgan fingerprint density at radius 3 is 2.24 bits per heavy atom. The second-order valence-corrected chi connectivity index (χ2v) is 22.6. The van der Waals surface area contributed by atoms with Gasteiger partial charge in [-0.2, -0.15) is 0 Å². The van der Waals surface area contributed by atoms with Crippen molar-refractivity contribution in [2.75, 3.05) is 55.0 Å². The number of anilines is 3. The maximum atomic E-state index is 15.1. The molecule has 6 aromatic rings. The average molecular weight is 1160 g/mol. The van der Waals surface area contributed by atoms with E-state index in [1.165, 1.54) is 65.5 Å². The molecule has 84 heavy (non-hydrogen) atoms. The number of nitro groups is 1. The zero-order valence-electron chi connectivity index (χ0n) is 48.1. The fourth-order valence-electron chi connectivity index (χ4n) is 11.6. The van der Waals surface area contributed by atoms with Crippen LogP contribution < -0.4 is 45.4 Å². The normalized spacial score (nSPS) is 26.7. The first-order chi connectivity index (χ1) is 39.8. The highest BCUT2D eigenvalue weighted by atomic mass is 16.7. The van der Waals surface area contributed by atoms with Crippen LogP contribution in [0.4, 0.5) is 22.9 Å². The van der Waals surface area contributed by atoms with Gasteiger partial charge in [0.05, 0.1) is 41.7 Å². The standard InChI is InChI=1S/C60H67N7O17/c1-29-12-11-13-30(2)57(75)63-48-52(73)44-43(45-54(34(6)51(44)72)83-60(9,56(45)74)80-23-18-40(78-10)31(3)53(81-35(7)68)33(5)50(71)32(4)49(29)70)47-55(48)82-41-25-37(24-39(69)46(41)62-47)65-21-19-64(20-22-65)36-14-16-38(17-15-36)79-28-59(8)27-66-26-42(67(76)77)61-58(66)84-59/h11-18,23-26,29,31-33,40,49-50,53,70-72,74H,19-22,27-28H2,1-10H3,(H,63,75)/t29-,31+,32+,33+,40-,49-,50+,53+,59?,60-/m0/s1. The number of rotatable bonds is 8. The minimum atomic E-state index is -2.03. The molecule has 24 nitrogen and oxygen atoms in total. The highest BCUT2D eigenvalue weighted by molar-refractivity contribution is 6.17. The Labute approximate surface area is 480 Å². The Balaban J connectivity index is 0.996. The number of methoxy groups -OCH3 is 1. The van der Waals surface area contributed by atoms with E-state index in [1.807, 2.05) is 36.1 Å². The van der Waals surface area contributed by atoms with Crippen molar-refractivity contribution in [1.29, 1.82) is 0 Å². The molecule has 1 unspecified atom stereocenters. The summed E-state index contributed by atoms with van der Waals surface area (Å²) in [6.45, 7) is 16.9. The van der Waals surface area contributed by atoms with Crippen molar-refractivity contribution >= 4 is 73.5 Å². The van der Waals surface area contributed by atoms with Crippen molar-refractivity contribution in [1.82, 2.24) is 14.5 Å². The van der Waals surface area contributed by atoms with E-state index in [0.717, 1.165) is 5.69 Å². The summed E-state index contributed by atoms with van der Waals surface area (Å²) in [7, 11) is 1.43. The number of aromatic hydroxyl groups is 1. The van der Waals surface area contributed by atoms with Gasteiger partial charge in [0.2, 0.25) is 10.9 Å². The van der Waals surface area contributed by atoms with Crippen LogP contribution in [0.15, 0.2) is 92.7 Å². The molecule has 4 aromatic carbocycles. The number of carbonyl (C=O) groups is 2. The maximum absolute atomic E-state index is 15.1. The molecule has 1 fully saturated rings. The van der Waals surface area contributed by atoms with Crippen LogP contribution in [-0.4, -0.2) is 127 Å². The molecule has 24 heteroatoms. The number of phenols is 1. The molecule has 4 bridgehead atoms. The number of nitrogens with one attached hydrogen (secondary N) is 1. The maximum Gasteiger partial charge on any atom is 0.415 e. The van der Waals surface area contributed by atoms with Crippen molar-refractivity contribution in [2.24, 2.45) is 23.7 Å². The molecule has 444 valence electrons. The molecular formula is C60H67N7O17. The molecule has 1 saturated heterocycles. The summed E-state index contributed by atoms with van der Waals surface area (Å²) in [6.07, 6.45) is 4.71. The fraction of sp³-hybridized carbons (Fsp3) is 0.433. The number of hydrogen-bond donors (Lipinski definition) is 5. The highest BCUT2D eigenvalue weighted by Crippen LogP contribution is 2.43. The first-order valence-electron chi connectivity index (χ1n) is 27.6. The number of fused-ring (bicyclic) bond motifs is 3. The van der Waals surface area contributed by atoms with Gasteiger partial charge in [-0.15, -0.1) is 0 Å². The number of amides is 1. The summed E-state index contributed by atoms with van der Waals surface area (Å²) >= 11 is 0. The van der Waals surface area contributed by atoms with E-state index >= 15 is 4.79 Å². The Morgan fingerprint density at radius 1 is 0.893 bits per heavy atom. The van der Waals surface area contributed by atoms with Crippen LogP contribution in [0, 0.1) is 40.7 Å². The van der Waals surface area contributed by atoms with Crippen molar-refractivity contribution in [3.63, 3.8) is 0 Å². The van der Waals surface area contributed by atoms with Gasteiger partial charge < -0.3 is 78.5 Å². The fourth-order valence-corrected chi connectivity index (χ4v) is 11.6. The lowest BCUT2D eigenvalue weighted by Gasteiger charge is -2.38. The molecule has 4 aliphatic rings. The second kappa shape index (κ2) is 22.4. The number of benzene rings is 4. The van der Waals surface area contributed by atoms with Crippen molar-refractivity contribution in [3.05, 3.63) is 120 Å². The predicted molar refractivity (Wildman–Crippen MR) is 309 cm³/mol. The number of allylic oxidation sites excluding steroid dienone is 2. The van der Waals surface area contributed by atoms with E-state index in [2.05, 4.69) is 15.2 Å². The average Bonchev–Trinajstić information content (AvgIpc) is 1.57. The van der Waals surface area contributed by atoms with Gasteiger partial charge in [0.1, 0.15) is 47.4 Å². The zero-order valence-corrected chi connectivity index (χ0v) is 48.1. The van der Waals surface area contributed by atoms with E-state index in [1.54, 1.807) is 50.5 Å². The number of aliphatic hydroxyl groups excluding tert-OH is 3. The summed E-state index contributed by atoms with van der Waals surface area (Å²) < 4.78 is 44.3. The Hall–Kier alpha value is -8.74. The third-order valence-electron chi connectivity index (χ3n) is 16.6. The van der Waals surface area contributed by atoms with Crippen LogP contribution in [0.25, 0.3) is 38.7 Å². The van der Waals surface area contributed by atoms with Crippen LogP contribution in [0.5, 0.6) is 23.3 Å². The molecule has 2 aromatic heterocycles. The number of nitrogens with zero attached hydrogens (tertiary/aromatic N) is 6. The van der Waals surface area contributed by atoms with Gasteiger partial charge in [-0.25, -0.2) is 4.98 Å². The third kappa shape index (κ3) is 10.7. The van der Waals surface area contributed by atoms with Crippen molar-refractivity contribution in [2.45, 2.75) is 105 Å². The monoisotopic (exact) mass is 1160 g/mol. The van der Waals surface area contributed by atoms with Crippen LogP contribution in [-0.2, 0) is 30.3 Å². The number of aliphatic hydroxyl groups is 3. The molecule has 0 radical (unpaired) electrons. The van der Waals surface area contributed by atoms with Crippen molar-refractivity contribution < 1.29 is 67.8 Å². The summed E-state index contributed by atoms with van der Waals surface area (Å²) in [4.78, 5) is 79.7. The van der Waals surface area contributed by atoms with E-state index in [4.69, 9.17) is 37.8 Å². The summed E-state index contributed by atoms with van der Waals surface area (Å²) in [5.41, 5.74) is -1.74. The minimum absolute atomic E-state index is 0.0262. The number of ether oxygens (including phenoxy) is 6. The first-order valence-corrected chi connectivity index (χ1v) is 27.6. The number of aromatic nitrogens is 3. The van der Waals surface area contributed by atoms with Crippen LogP contribution in [0.1, 0.15) is 61.0 Å². The molecule has 0 spiro atoms. The van der Waals surface area contributed by atoms with Gasteiger partial charge in [-0.1, -0.05) is 45.9 Å². The van der Waals surface area contributed by atoms with E-state index in [0.29, 0.717) is 44.2 Å². The van der Waals surface area contributed by atoms with E-state index < -0.39 is 104 Å². The first kappa shape index (κ1) is 58.5. The molecule has 10 atom stereocenters. The summed E-state index contributed by atoms with van der Waals surface area (Å²) in [5.74, 6) is -6.93. The number of phenolic OH excluding ortho intramolecular Hbond substituents is 1. The molecule has 1 amide bonds.